The highest BCUT2D eigenvalue weighted by Crippen LogP contribution is 2.27. The van der Waals surface area contributed by atoms with Crippen LogP contribution < -0.4 is 5.32 Å². The summed E-state index contributed by atoms with van der Waals surface area (Å²) < 4.78 is 0. The van der Waals surface area contributed by atoms with Crippen LogP contribution in [0.4, 0.5) is 5.69 Å². The van der Waals surface area contributed by atoms with Crippen molar-refractivity contribution in [3.05, 3.63) is 39.9 Å². The van der Waals surface area contributed by atoms with Gasteiger partial charge in [-0.25, -0.2) is 0 Å². The minimum atomic E-state index is -0.351. The van der Waals surface area contributed by atoms with E-state index in [0.29, 0.717) is 0 Å². The first-order valence-electron chi connectivity index (χ1n) is 6.39. The SMILES string of the molecule is Cl.O=[N+]([O-])c1ccc(CN2C[C@H]3CNC[C@H]3C2)cc1. The number of nitro groups is 1. The van der Waals surface area contributed by atoms with E-state index in [0.717, 1.165) is 50.1 Å². The third-order valence-corrected chi connectivity index (χ3v) is 4.02. The van der Waals surface area contributed by atoms with Crippen LogP contribution in [0.25, 0.3) is 0 Å². The molecule has 6 heteroatoms. The van der Waals surface area contributed by atoms with Crippen LogP contribution in [0.15, 0.2) is 24.3 Å². The lowest BCUT2D eigenvalue weighted by Crippen LogP contribution is -2.25. The van der Waals surface area contributed by atoms with Gasteiger partial charge in [0.15, 0.2) is 0 Å². The van der Waals surface area contributed by atoms with Gasteiger partial charge in [-0.15, -0.1) is 12.4 Å². The van der Waals surface area contributed by atoms with Crippen LogP contribution in [0, 0.1) is 22.0 Å². The summed E-state index contributed by atoms with van der Waals surface area (Å²) in [5, 5.41) is 14.0. The van der Waals surface area contributed by atoms with Crippen LogP contribution in [0.1, 0.15) is 5.56 Å². The van der Waals surface area contributed by atoms with Gasteiger partial charge in [-0.3, -0.25) is 15.0 Å². The third kappa shape index (κ3) is 3.05. The molecule has 2 aliphatic heterocycles. The number of halogens is 1. The number of hydrogen-bond acceptors (Lipinski definition) is 4. The van der Waals surface area contributed by atoms with Crippen molar-refractivity contribution in [2.45, 2.75) is 6.54 Å². The first-order chi connectivity index (χ1) is 8.72. The molecule has 0 amide bonds. The van der Waals surface area contributed by atoms with Gasteiger partial charge in [0.1, 0.15) is 0 Å². The highest BCUT2D eigenvalue weighted by atomic mass is 35.5. The molecular weight excluding hydrogens is 266 g/mol. The van der Waals surface area contributed by atoms with Gasteiger partial charge in [-0.05, 0) is 30.5 Å². The molecule has 0 unspecified atom stereocenters. The molecule has 2 aliphatic rings. The lowest BCUT2D eigenvalue weighted by molar-refractivity contribution is -0.384. The van der Waals surface area contributed by atoms with Crippen molar-refractivity contribution in [3.8, 4) is 0 Å². The Morgan fingerprint density at radius 3 is 2.32 bits per heavy atom. The molecular formula is C13H18ClN3O2. The summed E-state index contributed by atoms with van der Waals surface area (Å²) in [4.78, 5) is 12.7. The summed E-state index contributed by atoms with van der Waals surface area (Å²) >= 11 is 0. The second kappa shape index (κ2) is 5.86. The van der Waals surface area contributed by atoms with E-state index in [9.17, 15) is 10.1 Å². The fourth-order valence-electron chi connectivity index (χ4n) is 3.06. The topological polar surface area (TPSA) is 58.4 Å². The van der Waals surface area contributed by atoms with Crippen molar-refractivity contribution in [3.63, 3.8) is 0 Å². The van der Waals surface area contributed by atoms with Crippen molar-refractivity contribution >= 4 is 18.1 Å². The van der Waals surface area contributed by atoms with E-state index in [-0.39, 0.29) is 23.0 Å². The van der Waals surface area contributed by atoms with Crippen LogP contribution in [0.5, 0.6) is 0 Å². The number of likely N-dealkylation sites (tertiary alicyclic amines) is 1. The van der Waals surface area contributed by atoms with E-state index < -0.39 is 0 Å². The number of nitrogens with one attached hydrogen (secondary N) is 1. The molecule has 0 bridgehead atoms. The molecule has 0 aromatic heterocycles. The quantitative estimate of drug-likeness (QED) is 0.677. The van der Waals surface area contributed by atoms with Gasteiger partial charge in [0.2, 0.25) is 0 Å². The molecule has 0 saturated carbocycles. The fraction of sp³-hybridized carbons (Fsp3) is 0.538. The maximum atomic E-state index is 10.6. The van der Waals surface area contributed by atoms with Crippen LogP contribution in [0.2, 0.25) is 0 Å². The zero-order chi connectivity index (χ0) is 12.5. The second-order valence-electron chi connectivity index (χ2n) is 5.30. The van der Waals surface area contributed by atoms with E-state index in [2.05, 4.69) is 10.2 Å². The standard InChI is InChI=1S/C13H17N3O2.ClH/c17-16(18)13-3-1-10(2-4-13)7-15-8-11-5-14-6-12(11)9-15;/h1-4,11-12,14H,5-9H2;1H/t11-,12+;. The summed E-state index contributed by atoms with van der Waals surface area (Å²) in [6.45, 7) is 5.48. The molecule has 0 aliphatic carbocycles. The summed E-state index contributed by atoms with van der Waals surface area (Å²) in [7, 11) is 0. The molecule has 1 N–H and O–H groups in total. The minimum Gasteiger partial charge on any atom is -0.316 e. The molecule has 104 valence electrons. The largest absolute Gasteiger partial charge is 0.316 e. The molecule has 2 atom stereocenters. The molecule has 1 aromatic rings. The normalized spacial score (nSPS) is 25.9. The zero-order valence-electron chi connectivity index (χ0n) is 10.6. The Morgan fingerprint density at radius 1 is 1.21 bits per heavy atom. The molecule has 2 saturated heterocycles. The van der Waals surface area contributed by atoms with Crippen LogP contribution in [-0.2, 0) is 6.54 Å². The second-order valence-corrected chi connectivity index (χ2v) is 5.30. The highest BCUT2D eigenvalue weighted by molar-refractivity contribution is 5.85. The first-order valence-corrected chi connectivity index (χ1v) is 6.39. The van der Waals surface area contributed by atoms with Gasteiger partial charge in [0, 0.05) is 31.8 Å². The maximum absolute atomic E-state index is 10.6. The van der Waals surface area contributed by atoms with Crippen molar-refractivity contribution in [2.24, 2.45) is 11.8 Å². The Bertz CT molecular complexity index is 440. The number of benzene rings is 1. The van der Waals surface area contributed by atoms with Crippen LogP contribution in [-0.4, -0.2) is 36.0 Å². The van der Waals surface area contributed by atoms with Crippen molar-refractivity contribution in [1.29, 1.82) is 0 Å². The Balaban J connectivity index is 0.00000133. The van der Waals surface area contributed by atoms with Crippen molar-refractivity contribution < 1.29 is 4.92 Å². The molecule has 2 heterocycles. The van der Waals surface area contributed by atoms with Gasteiger partial charge in [-0.2, -0.15) is 0 Å². The van der Waals surface area contributed by atoms with Crippen LogP contribution >= 0.6 is 12.4 Å². The number of hydrogen-bond donors (Lipinski definition) is 1. The Morgan fingerprint density at radius 2 is 1.79 bits per heavy atom. The molecule has 2 fully saturated rings. The lowest BCUT2D eigenvalue weighted by atomic mass is 10.0. The first kappa shape index (κ1) is 14.2. The molecule has 1 aromatic carbocycles. The average molecular weight is 284 g/mol. The maximum Gasteiger partial charge on any atom is 0.269 e. The molecule has 3 rings (SSSR count). The summed E-state index contributed by atoms with van der Waals surface area (Å²) in [6.07, 6.45) is 0. The molecule has 19 heavy (non-hydrogen) atoms. The molecule has 0 spiro atoms. The molecule has 5 nitrogen and oxygen atoms in total. The van der Waals surface area contributed by atoms with Gasteiger partial charge < -0.3 is 5.32 Å². The van der Waals surface area contributed by atoms with Crippen LogP contribution in [0.3, 0.4) is 0 Å². The summed E-state index contributed by atoms with van der Waals surface area (Å²) in [6, 6.07) is 6.91. The van der Waals surface area contributed by atoms with E-state index in [1.54, 1.807) is 12.1 Å². The average Bonchev–Trinajstić information content (AvgIpc) is 2.90. The van der Waals surface area contributed by atoms with Gasteiger partial charge in [0.25, 0.3) is 5.69 Å². The fourth-order valence-corrected chi connectivity index (χ4v) is 3.06. The minimum absolute atomic E-state index is 0. The Labute approximate surface area is 118 Å². The number of nitrogens with zero attached hydrogens (tertiary/aromatic N) is 2. The third-order valence-electron chi connectivity index (χ3n) is 4.02. The number of fused-ring (bicyclic) bond motifs is 1. The predicted octanol–water partition coefficient (Wildman–Crippen LogP) is 1.67. The monoisotopic (exact) mass is 283 g/mol. The van der Waals surface area contributed by atoms with E-state index in [1.807, 2.05) is 12.1 Å². The highest BCUT2D eigenvalue weighted by Gasteiger charge is 2.35. The Hall–Kier alpha value is -1.17. The van der Waals surface area contributed by atoms with Crippen molar-refractivity contribution in [2.75, 3.05) is 26.2 Å². The summed E-state index contributed by atoms with van der Waals surface area (Å²) in [5.74, 6) is 1.59. The predicted molar refractivity (Wildman–Crippen MR) is 75.5 cm³/mol. The van der Waals surface area contributed by atoms with E-state index in [4.69, 9.17) is 0 Å². The van der Waals surface area contributed by atoms with Crippen molar-refractivity contribution in [1.82, 2.24) is 10.2 Å². The van der Waals surface area contributed by atoms with Gasteiger partial charge in [-0.1, -0.05) is 12.1 Å². The number of non-ortho nitro benzene ring substituents is 1. The van der Waals surface area contributed by atoms with Gasteiger partial charge in [0.05, 0.1) is 4.92 Å². The Kier molecular flexibility index (Phi) is 4.39. The van der Waals surface area contributed by atoms with E-state index in [1.165, 1.54) is 0 Å². The molecule has 0 radical (unpaired) electrons. The summed E-state index contributed by atoms with van der Waals surface area (Å²) in [5.41, 5.74) is 1.33. The smallest absolute Gasteiger partial charge is 0.269 e. The van der Waals surface area contributed by atoms with Gasteiger partial charge >= 0.3 is 0 Å². The van der Waals surface area contributed by atoms with E-state index >= 15 is 0 Å². The number of nitro benzene ring substituents is 1. The zero-order valence-corrected chi connectivity index (χ0v) is 11.4. The number of rotatable bonds is 3. The lowest BCUT2D eigenvalue weighted by Gasteiger charge is -2.16.